The Kier molecular flexibility index (Phi) is 6.58. The SMILES string of the molecule is CCOCC(=O)N[C@H]1CCCN(c2ccc(OC(F)F)cc2)C1. The molecule has 1 aromatic rings. The van der Waals surface area contributed by atoms with Gasteiger partial charge in [-0.3, -0.25) is 4.79 Å². The van der Waals surface area contributed by atoms with Crippen LogP contribution in [-0.4, -0.2) is 44.9 Å². The molecule has 1 N–H and O–H groups in total. The summed E-state index contributed by atoms with van der Waals surface area (Å²) in [4.78, 5) is 13.8. The predicted molar refractivity (Wildman–Crippen MR) is 82.9 cm³/mol. The van der Waals surface area contributed by atoms with Gasteiger partial charge in [0.15, 0.2) is 0 Å². The maximum atomic E-state index is 12.2. The van der Waals surface area contributed by atoms with Gasteiger partial charge in [0.25, 0.3) is 0 Å². The first-order valence-corrected chi connectivity index (χ1v) is 7.75. The minimum Gasteiger partial charge on any atom is -0.435 e. The summed E-state index contributed by atoms with van der Waals surface area (Å²) in [6.45, 7) is 1.17. The Morgan fingerprint density at radius 2 is 2.13 bits per heavy atom. The highest BCUT2D eigenvalue weighted by Crippen LogP contribution is 2.23. The molecule has 0 radical (unpaired) electrons. The quantitative estimate of drug-likeness (QED) is 0.835. The number of nitrogens with zero attached hydrogens (tertiary/aromatic N) is 1. The van der Waals surface area contributed by atoms with E-state index < -0.39 is 6.61 Å². The van der Waals surface area contributed by atoms with Crippen LogP contribution in [0.4, 0.5) is 14.5 Å². The van der Waals surface area contributed by atoms with Crippen LogP contribution in [0.5, 0.6) is 5.75 Å². The van der Waals surface area contributed by atoms with Crippen molar-refractivity contribution in [3.8, 4) is 5.75 Å². The summed E-state index contributed by atoms with van der Waals surface area (Å²) >= 11 is 0. The van der Waals surface area contributed by atoms with Gasteiger partial charge >= 0.3 is 6.61 Å². The Hall–Kier alpha value is -1.89. The van der Waals surface area contributed by atoms with E-state index in [2.05, 4.69) is 15.0 Å². The normalized spacial score (nSPS) is 18.1. The number of amides is 1. The van der Waals surface area contributed by atoms with Gasteiger partial charge in [-0.15, -0.1) is 0 Å². The molecular formula is C16H22F2N2O3. The molecule has 0 aromatic heterocycles. The average Bonchev–Trinajstić information content (AvgIpc) is 2.53. The van der Waals surface area contributed by atoms with Gasteiger partial charge in [-0.25, -0.2) is 0 Å². The highest BCUT2D eigenvalue weighted by Gasteiger charge is 2.21. The molecule has 0 saturated carbocycles. The number of rotatable bonds is 7. The molecule has 0 bridgehead atoms. The number of halogens is 2. The zero-order valence-corrected chi connectivity index (χ0v) is 13.1. The van der Waals surface area contributed by atoms with E-state index in [0.29, 0.717) is 13.2 Å². The van der Waals surface area contributed by atoms with E-state index in [1.807, 2.05) is 6.92 Å². The van der Waals surface area contributed by atoms with Crippen LogP contribution in [-0.2, 0) is 9.53 Å². The number of anilines is 1. The fraction of sp³-hybridized carbons (Fsp3) is 0.562. The first-order chi connectivity index (χ1) is 11.1. The average molecular weight is 328 g/mol. The van der Waals surface area contributed by atoms with Gasteiger partial charge in [-0.05, 0) is 44.0 Å². The number of nitrogens with one attached hydrogen (secondary N) is 1. The highest BCUT2D eigenvalue weighted by molar-refractivity contribution is 5.77. The lowest BCUT2D eigenvalue weighted by Crippen LogP contribution is -2.48. The summed E-state index contributed by atoms with van der Waals surface area (Å²) in [5, 5.41) is 2.96. The number of carbonyl (C=O) groups excluding carboxylic acids is 1. The van der Waals surface area contributed by atoms with Crippen molar-refractivity contribution in [2.75, 3.05) is 31.2 Å². The Morgan fingerprint density at radius 1 is 1.39 bits per heavy atom. The number of alkyl halides is 2. The summed E-state index contributed by atoms with van der Waals surface area (Å²) in [5.74, 6) is 0.0294. The number of ether oxygens (including phenoxy) is 2. The van der Waals surface area contributed by atoms with Crippen molar-refractivity contribution in [2.45, 2.75) is 32.4 Å². The fourth-order valence-electron chi connectivity index (χ4n) is 2.63. The molecule has 1 aliphatic heterocycles. The molecule has 7 heteroatoms. The van der Waals surface area contributed by atoms with Crippen LogP contribution >= 0.6 is 0 Å². The lowest BCUT2D eigenvalue weighted by atomic mass is 10.0. The molecule has 0 unspecified atom stereocenters. The summed E-state index contributed by atoms with van der Waals surface area (Å²) in [6.07, 6.45) is 1.87. The van der Waals surface area contributed by atoms with E-state index in [1.54, 1.807) is 12.1 Å². The Bertz CT molecular complexity index is 497. The number of benzene rings is 1. The predicted octanol–water partition coefficient (Wildman–Crippen LogP) is 2.41. The van der Waals surface area contributed by atoms with Gasteiger partial charge < -0.3 is 19.7 Å². The lowest BCUT2D eigenvalue weighted by molar-refractivity contribution is -0.126. The summed E-state index contributed by atoms with van der Waals surface area (Å²) in [7, 11) is 0. The largest absolute Gasteiger partial charge is 0.435 e. The molecule has 1 fully saturated rings. The first kappa shape index (κ1) is 17.5. The molecular weight excluding hydrogens is 306 g/mol. The molecule has 1 amide bonds. The van der Waals surface area contributed by atoms with E-state index in [1.165, 1.54) is 12.1 Å². The molecule has 23 heavy (non-hydrogen) atoms. The maximum Gasteiger partial charge on any atom is 0.387 e. The second-order valence-corrected chi connectivity index (χ2v) is 5.36. The monoisotopic (exact) mass is 328 g/mol. The topological polar surface area (TPSA) is 50.8 Å². The molecule has 1 atom stereocenters. The van der Waals surface area contributed by atoms with E-state index in [9.17, 15) is 13.6 Å². The molecule has 128 valence electrons. The van der Waals surface area contributed by atoms with Gasteiger partial charge in [-0.2, -0.15) is 8.78 Å². The summed E-state index contributed by atoms with van der Waals surface area (Å²) in [6, 6.07) is 6.62. The molecule has 1 aromatic carbocycles. The minimum atomic E-state index is -2.82. The zero-order chi connectivity index (χ0) is 16.7. The molecule has 1 heterocycles. The van der Waals surface area contributed by atoms with Gasteiger partial charge in [0.1, 0.15) is 12.4 Å². The van der Waals surface area contributed by atoms with Crippen molar-refractivity contribution in [3.05, 3.63) is 24.3 Å². The van der Waals surface area contributed by atoms with E-state index in [0.717, 1.165) is 25.1 Å². The molecule has 0 spiro atoms. The van der Waals surface area contributed by atoms with Gasteiger partial charge in [0, 0.05) is 31.4 Å². The van der Waals surface area contributed by atoms with Crippen molar-refractivity contribution in [3.63, 3.8) is 0 Å². The third-order valence-electron chi connectivity index (χ3n) is 3.65. The first-order valence-electron chi connectivity index (χ1n) is 7.75. The van der Waals surface area contributed by atoms with Crippen LogP contribution in [0.2, 0.25) is 0 Å². The summed E-state index contributed by atoms with van der Waals surface area (Å²) in [5.41, 5.74) is 0.926. The number of hydrogen-bond donors (Lipinski definition) is 1. The van der Waals surface area contributed by atoms with Crippen molar-refractivity contribution in [1.82, 2.24) is 5.32 Å². The Balaban J connectivity index is 1.89. The van der Waals surface area contributed by atoms with Crippen molar-refractivity contribution in [1.29, 1.82) is 0 Å². The van der Waals surface area contributed by atoms with E-state index in [4.69, 9.17) is 4.74 Å². The molecule has 0 aliphatic carbocycles. The second kappa shape index (κ2) is 8.67. The molecule has 1 saturated heterocycles. The van der Waals surface area contributed by atoms with Gasteiger partial charge in [0.05, 0.1) is 0 Å². The smallest absolute Gasteiger partial charge is 0.387 e. The number of hydrogen-bond acceptors (Lipinski definition) is 4. The van der Waals surface area contributed by atoms with E-state index in [-0.39, 0.29) is 24.3 Å². The van der Waals surface area contributed by atoms with Crippen LogP contribution in [0.25, 0.3) is 0 Å². The van der Waals surface area contributed by atoms with Gasteiger partial charge in [-0.1, -0.05) is 0 Å². The van der Waals surface area contributed by atoms with Crippen LogP contribution in [0.3, 0.4) is 0 Å². The third kappa shape index (κ3) is 5.67. The summed E-state index contributed by atoms with van der Waals surface area (Å²) < 4.78 is 33.7. The third-order valence-corrected chi connectivity index (χ3v) is 3.65. The minimum absolute atomic E-state index is 0.0636. The Labute approximate surface area is 134 Å². The standard InChI is InChI=1S/C16H22F2N2O3/c1-2-22-11-15(21)19-12-4-3-9-20(10-12)13-5-7-14(8-6-13)23-16(17)18/h5-8,12,16H,2-4,9-11H2,1H3,(H,19,21)/t12-/m0/s1. The van der Waals surface area contributed by atoms with Crippen LogP contribution in [0.1, 0.15) is 19.8 Å². The van der Waals surface area contributed by atoms with Crippen LogP contribution in [0, 0.1) is 0 Å². The number of piperidine rings is 1. The Morgan fingerprint density at radius 3 is 2.78 bits per heavy atom. The lowest BCUT2D eigenvalue weighted by Gasteiger charge is -2.34. The molecule has 5 nitrogen and oxygen atoms in total. The zero-order valence-electron chi connectivity index (χ0n) is 13.1. The maximum absolute atomic E-state index is 12.2. The van der Waals surface area contributed by atoms with E-state index >= 15 is 0 Å². The second-order valence-electron chi connectivity index (χ2n) is 5.36. The molecule has 2 rings (SSSR count). The van der Waals surface area contributed by atoms with Crippen LogP contribution < -0.4 is 15.0 Å². The fourth-order valence-corrected chi connectivity index (χ4v) is 2.63. The van der Waals surface area contributed by atoms with Crippen molar-refractivity contribution >= 4 is 11.6 Å². The molecule has 1 aliphatic rings. The number of carbonyl (C=O) groups is 1. The van der Waals surface area contributed by atoms with Crippen molar-refractivity contribution < 1.29 is 23.0 Å². The van der Waals surface area contributed by atoms with Crippen molar-refractivity contribution in [2.24, 2.45) is 0 Å². The van der Waals surface area contributed by atoms with Crippen LogP contribution in [0.15, 0.2) is 24.3 Å². The highest BCUT2D eigenvalue weighted by atomic mass is 19.3. The van der Waals surface area contributed by atoms with Gasteiger partial charge in [0.2, 0.25) is 5.91 Å².